The number of hydrogen-bond donors (Lipinski definition) is 0. The van der Waals surface area contributed by atoms with Crippen LogP contribution in [0.5, 0.6) is 0 Å². The van der Waals surface area contributed by atoms with Gasteiger partial charge in [-0.25, -0.2) is 14.8 Å². The van der Waals surface area contributed by atoms with Crippen molar-refractivity contribution < 1.29 is 4.79 Å². The lowest BCUT2D eigenvalue weighted by atomic mass is 10.1. The number of carbonyl (C=O) groups excluding carboxylic acids is 1. The summed E-state index contributed by atoms with van der Waals surface area (Å²) in [4.78, 5) is 24.2. The van der Waals surface area contributed by atoms with Crippen molar-refractivity contribution >= 4 is 12.0 Å². The Kier molecular flexibility index (Phi) is 3.00. The van der Waals surface area contributed by atoms with Crippen LogP contribution in [0, 0.1) is 0 Å². The molecular formula is C13H20N4O. The maximum absolute atomic E-state index is 12.2. The van der Waals surface area contributed by atoms with Crippen molar-refractivity contribution in [2.45, 2.75) is 39.2 Å². The van der Waals surface area contributed by atoms with Crippen LogP contribution in [0.4, 0.5) is 10.7 Å². The van der Waals surface area contributed by atoms with Gasteiger partial charge in [0.1, 0.15) is 0 Å². The predicted octanol–water partition coefficient (Wildman–Crippen LogP) is 2.25. The van der Waals surface area contributed by atoms with E-state index in [2.05, 4.69) is 23.8 Å². The zero-order chi connectivity index (χ0) is 13.5. The average Bonchev–Trinajstić information content (AvgIpc) is 2.53. The number of nitrogens with zero attached hydrogens (tertiary/aromatic N) is 4. The summed E-state index contributed by atoms with van der Waals surface area (Å²) in [5.41, 5.74) is 0.772. The van der Waals surface area contributed by atoms with Crippen LogP contribution in [0.3, 0.4) is 0 Å². The minimum Gasteiger partial charge on any atom is -0.320 e. The molecule has 0 atom stereocenters. The lowest BCUT2D eigenvalue weighted by Crippen LogP contribution is -2.38. The third kappa shape index (κ3) is 2.05. The molecule has 1 aromatic rings. The molecule has 0 spiro atoms. The number of rotatable bonds is 2. The number of urea groups is 1. The predicted molar refractivity (Wildman–Crippen MR) is 70.7 cm³/mol. The van der Waals surface area contributed by atoms with E-state index in [1.54, 1.807) is 16.0 Å². The first kappa shape index (κ1) is 12.8. The molecule has 2 rings (SSSR count). The summed E-state index contributed by atoms with van der Waals surface area (Å²) >= 11 is 0. The first-order valence-electron chi connectivity index (χ1n) is 6.21. The third-order valence-corrected chi connectivity index (χ3v) is 3.47. The van der Waals surface area contributed by atoms with Crippen molar-refractivity contribution in [3.63, 3.8) is 0 Å². The van der Waals surface area contributed by atoms with Gasteiger partial charge in [0.15, 0.2) is 0 Å². The summed E-state index contributed by atoms with van der Waals surface area (Å²) in [6, 6.07) is 1.85. The van der Waals surface area contributed by atoms with Crippen LogP contribution >= 0.6 is 0 Å². The molecule has 1 fully saturated rings. The molecule has 0 radical (unpaired) electrons. The van der Waals surface area contributed by atoms with Gasteiger partial charge in [0, 0.05) is 18.9 Å². The van der Waals surface area contributed by atoms with E-state index in [0.29, 0.717) is 18.4 Å². The molecule has 1 aliphatic heterocycles. The van der Waals surface area contributed by atoms with Crippen molar-refractivity contribution in [3.05, 3.63) is 18.0 Å². The van der Waals surface area contributed by atoms with E-state index in [9.17, 15) is 4.79 Å². The highest BCUT2D eigenvalue weighted by Gasteiger charge is 2.42. The fourth-order valence-electron chi connectivity index (χ4n) is 1.97. The van der Waals surface area contributed by atoms with Crippen molar-refractivity contribution in [2.24, 2.45) is 0 Å². The second-order valence-electron chi connectivity index (χ2n) is 5.68. The average molecular weight is 248 g/mol. The van der Waals surface area contributed by atoms with Crippen LogP contribution in [-0.2, 0) is 0 Å². The topological polar surface area (TPSA) is 49.3 Å². The number of anilines is 1. The Morgan fingerprint density at radius 3 is 2.56 bits per heavy atom. The van der Waals surface area contributed by atoms with Crippen LogP contribution in [0.2, 0.25) is 0 Å². The SMILES string of the molecule is CC(C)c1ccnc(N2CC(C)(C)N(C)C2=O)n1. The Morgan fingerprint density at radius 1 is 1.39 bits per heavy atom. The van der Waals surface area contributed by atoms with Gasteiger partial charge in [-0.3, -0.25) is 4.90 Å². The molecule has 98 valence electrons. The summed E-state index contributed by atoms with van der Waals surface area (Å²) in [6.45, 7) is 8.85. The molecule has 18 heavy (non-hydrogen) atoms. The van der Waals surface area contributed by atoms with E-state index in [4.69, 9.17) is 0 Å². The van der Waals surface area contributed by atoms with Gasteiger partial charge < -0.3 is 4.90 Å². The Labute approximate surface area is 108 Å². The maximum Gasteiger partial charge on any atom is 0.327 e. The summed E-state index contributed by atoms with van der Waals surface area (Å²) in [5, 5.41) is 0. The fraction of sp³-hybridized carbons (Fsp3) is 0.615. The summed E-state index contributed by atoms with van der Waals surface area (Å²) in [7, 11) is 1.81. The van der Waals surface area contributed by atoms with Gasteiger partial charge >= 0.3 is 6.03 Å². The molecule has 0 saturated carbocycles. The van der Waals surface area contributed by atoms with E-state index in [-0.39, 0.29) is 11.6 Å². The van der Waals surface area contributed by atoms with Gasteiger partial charge in [-0.1, -0.05) is 13.8 Å². The van der Waals surface area contributed by atoms with Crippen LogP contribution in [0.25, 0.3) is 0 Å². The zero-order valence-corrected chi connectivity index (χ0v) is 11.6. The molecule has 1 aromatic heterocycles. The molecule has 0 N–H and O–H groups in total. The van der Waals surface area contributed by atoms with Crippen LogP contribution < -0.4 is 4.90 Å². The van der Waals surface area contributed by atoms with E-state index < -0.39 is 0 Å². The van der Waals surface area contributed by atoms with Gasteiger partial charge in [-0.15, -0.1) is 0 Å². The quantitative estimate of drug-likeness (QED) is 0.806. The maximum atomic E-state index is 12.2. The van der Waals surface area contributed by atoms with E-state index >= 15 is 0 Å². The third-order valence-electron chi connectivity index (χ3n) is 3.47. The highest BCUT2D eigenvalue weighted by molar-refractivity contribution is 5.93. The van der Waals surface area contributed by atoms with E-state index in [1.165, 1.54) is 0 Å². The minimum absolute atomic E-state index is 0.0408. The Morgan fingerprint density at radius 2 is 2.06 bits per heavy atom. The molecular weight excluding hydrogens is 228 g/mol. The molecule has 2 heterocycles. The van der Waals surface area contributed by atoms with Crippen LogP contribution in [0.1, 0.15) is 39.3 Å². The van der Waals surface area contributed by atoms with Gasteiger partial charge in [-0.2, -0.15) is 0 Å². The molecule has 0 aromatic carbocycles. The smallest absolute Gasteiger partial charge is 0.320 e. The molecule has 2 amide bonds. The zero-order valence-electron chi connectivity index (χ0n) is 11.6. The molecule has 1 saturated heterocycles. The highest BCUT2D eigenvalue weighted by atomic mass is 16.2. The summed E-state index contributed by atoms with van der Waals surface area (Å²) in [6.07, 6.45) is 1.72. The number of aromatic nitrogens is 2. The van der Waals surface area contributed by atoms with E-state index in [1.807, 2.05) is 27.0 Å². The van der Waals surface area contributed by atoms with Crippen molar-refractivity contribution in [1.29, 1.82) is 0 Å². The van der Waals surface area contributed by atoms with Gasteiger partial charge in [0.2, 0.25) is 5.95 Å². The minimum atomic E-state index is -0.186. The number of carbonyl (C=O) groups is 1. The van der Waals surface area contributed by atoms with Gasteiger partial charge in [-0.05, 0) is 25.8 Å². The monoisotopic (exact) mass is 248 g/mol. The molecule has 1 aliphatic rings. The lowest BCUT2D eigenvalue weighted by molar-refractivity contribution is 0.198. The number of amides is 2. The first-order chi connectivity index (χ1) is 8.33. The number of likely N-dealkylation sites (N-methyl/N-ethyl adjacent to an activating group) is 1. The molecule has 5 nitrogen and oxygen atoms in total. The second kappa shape index (κ2) is 4.23. The lowest BCUT2D eigenvalue weighted by Gasteiger charge is -2.24. The number of hydrogen-bond acceptors (Lipinski definition) is 3. The van der Waals surface area contributed by atoms with E-state index in [0.717, 1.165) is 5.69 Å². The summed E-state index contributed by atoms with van der Waals surface area (Å²) < 4.78 is 0. The van der Waals surface area contributed by atoms with Gasteiger partial charge in [0.25, 0.3) is 0 Å². The Balaban J connectivity index is 2.33. The summed E-state index contributed by atoms with van der Waals surface area (Å²) in [5.74, 6) is 0.832. The molecule has 0 aliphatic carbocycles. The fourth-order valence-corrected chi connectivity index (χ4v) is 1.97. The normalized spacial score (nSPS) is 18.9. The standard InChI is InChI=1S/C13H20N4O/c1-9(2)10-6-7-14-11(15-10)17-8-13(3,4)16(5)12(17)18/h6-7,9H,8H2,1-5H3. The van der Waals surface area contributed by atoms with Gasteiger partial charge in [0.05, 0.1) is 12.1 Å². The largest absolute Gasteiger partial charge is 0.327 e. The van der Waals surface area contributed by atoms with Crippen molar-refractivity contribution in [1.82, 2.24) is 14.9 Å². The highest BCUT2D eigenvalue weighted by Crippen LogP contribution is 2.27. The van der Waals surface area contributed by atoms with Crippen LogP contribution in [0.15, 0.2) is 12.3 Å². The second-order valence-corrected chi connectivity index (χ2v) is 5.68. The van der Waals surface area contributed by atoms with Crippen molar-refractivity contribution in [2.75, 3.05) is 18.5 Å². The first-order valence-corrected chi connectivity index (χ1v) is 6.21. The Hall–Kier alpha value is -1.65. The van der Waals surface area contributed by atoms with Crippen molar-refractivity contribution in [3.8, 4) is 0 Å². The molecule has 0 bridgehead atoms. The van der Waals surface area contributed by atoms with Crippen LogP contribution in [-0.4, -0.2) is 40.0 Å². The molecule has 5 heteroatoms. The Bertz CT molecular complexity index is 470. The molecule has 0 unspecified atom stereocenters.